The molecule has 9 nitrogen and oxygen atoms in total. The molecular weight excluding hydrogens is 526 g/mol. The topological polar surface area (TPSA) is 120 Å². The Morgan fingerprint density at radius 1 is 1.20 bits per heavy atom. The number of nitrogens with zero attached hydrogens (tertiary/aromatic N) is 4. The number of aliphatic hydroxyl groups is 1. The van der Waals surface area contributed by atoms with Crippen molar-refractivity contribution < 1.29 is 19.4 Å². The fraction of sp³-hybridized carbons (Fsp3) is 0.467. The Morgan fingerprint density at radius 3 is 2.62 bits per heavy atom. The Morgan fingerprint density at radius 2 is 2.00 bits per heavy atom. The summed E-state index contributed by atoms with van der Waals surface area (Å²) in [6.45, 7) is 4.89. The van der Waals surface area contributed by atoms with Gasteiger partial charge in [0.1, 0.15) is 17.0 Å². The van der Waals surface area contributed by atoms with Crippen molar-refractivity contribution in [3.05, 3.63) is 46.7 Å². The maximum atomic E-state index is 14.1. The predicted molar refractivity (Wildman–Crippen MR) is 151 cm³/mol. The summed E-state index contributed by atoms with van der Waals surface area (Å²) in [7, 11) is 1.54. The number of aliphatic hydroxyl groups excluding tert-OH is 1. The summed E-state index contributed by atoms with van der Waals surface area (Å²) in [5.74, 6) is 0.0165. The first-order valence-corrected chi connectivity index (χ1v) is 14.7. The van der Waals surface area contributed by atoms with E-state index < -0.39 is 17.2 Å². The molecule has 1 saturated carbocycles. The Hall–Kier alpha value is -3.68. The van der Waals surface area contributed by atoms with Gasteiger partial charge in [0.2, 0.25) is 0 Å². The number of ether oxygens (including phenoxy) is 1. The van der Waals surface area contributed by atoms with Gasteiger partial charge in [-0.05, 0) is 76.1 Å². The van der Waals surface area contributed by atoms with E-state index >= 15 is 0 Å². The molecule has 2 atom stereocenters. The van der Waals surface area contributed by atoms with Gasteiger partial charge in [-0.1, -0.05) is 0 Å². The summed E-state index contributed by atoms with van der Waals surface area (Å²) in [6, 6.07) is 7.95. The highest BCUT2D eigenvalue weighted by atomic mass is 32.1. The minimum Gasteiger partial charge on any atom is -0.496 e. The van der Waals surface area contributed by atoms with Crippen molar-refractivity contribution in [2.45, 2.75) is 76.1 Å². The smallest absolute Gasteiger partial charge is 0.271 e. The van der Waals surface area contributed by atoms with Crippen molar-refractivity contribution in [2.24, 2.45) is 0 Å². The molecule has 1 aromatic carbocycles. The van der Waals surface area contributed by atoms with Gasteiger partial charge >= 0.3 is 0 Å². The van der Waals surface area contributed by atoms with E-state index in [0.717, 1.165) is 46.5 Å². The number of thiazole rings is 1. The highest BCUT2D eigenvalue weighted by Gasteiger charge is 2.45. The second kappa shape index (κ2) is 9.75. The van der Waals surface area contributed by atoms with Gasteiger partial charge in [-0.15, -0.1) is 11.3 Å². The maximum Gasteiger partial charge on any atom is 0.271 e. The molecule has 6 rings (SSSR count). The van der Waals surface area contributed by atoms with Crippen LogP contribution in [-0.2, 0) is 13.0 Å². The number of aryl methyl sites for hydroxylation is 1. The molecule has 1 saturated heterocycles. The minimum absolute atomic E-state index is 0.103. The SMILES string of the molecule is COc1cc2c(cc1C(=O)NC1(C#N)CCC1)-c1c(-c3cncs3)cc(C(=O)N3CCC[C@]3(C)[C@@H](C)O)n1CC2. The predicted octanol–water partition coefficient (Wildman–Crippen LogP) is 4.39. The molecule has 2 N–H and O–H groups in total. The van der Waals surface area contributed by atoms with Crippen LogP contribution >= 0.6 is 11.3 Å². The first-order valence-electron chi connectivity index (χ1n) is 13.8. The number of fused-ring (bicyclic) bond motifs is 3. The van der Waals surface area contributed by atoms with E-state index in [1.807, 2.05) is 30.0 Å². The highest BCUT2D eigenvalue weighted by Crippen LogP contribution is 2.44. The molecule has 0 bridgehead atoms. The van der Waals surface area contributed by atoms with Gasteiger partial charge in [-0.3, -0.25) is 14.6 Å². The lowest BCUT2D eigenvalue weighted by molar-refractivity contribution is 0.0145. The van der Waals surface area contributed by atoms with Crippen LogP contribution in [-0.4, -0.2) is 62.2 Å². The van der Waals surface area contributed by atoms with Gasteiger partial charge in [0, 0.05) is 30.4 Å². The Balaban J connectivity index is 1.48. The average molecular weight is 560 g/mol. The molecule has 3 aliphatic rings. The van der Waals surface area contributed by atoms with Crippen molar-refractivity contribution in [3.63, 3.8) is 0 Å². The Bertz CT molecular complexity index is 1530. The summed E-state index contributed by atoms with van der Waals surface area (Å²) in [5, 5.41) is 23.2. The number of nitrogens with one attached hydrogen (secondary N) is 1. The molecule has 2 amide bonds. The summed E-state index contributed by atoms with van der Waals surface area (Å²) in [4.78, 5) is 34.6. The van der Waals surface area contributed by atoms with Crippen molar-refractivity contribution in [3.8, 4) is 33.5 Å². The first kappa shape index (κ1) is 26.5. The number of aromatic nitrogens is 2. The zero-order chi connectivity index (χ0) is 28.2. The molecular formula is C30H33N5O4S. The van der Waals surface area contributed by atoms with Gasteiger partial charge in [-0.25, -0.2) is 0 Å². The lowest BCUT2D eigenvalue weighted by Gasteiger charge is -2.38. The van der Waals surface area contributed by atoms with E-state index in [2.05, 4.69) is 20.9 Å². The van der Waals surface area contributed by atoms with Crippen LogP contribution in [0, 0.1) is 11.3 Å². The molecule has 40 heavy (non-hydrogen) atoms. The zero-order valence-corrected chi connectivity index (χ0v) is 23.8. The Labute approximate surface area is 237 Å². The second-order valence-electron chi connectivity index (χ2n) is 11.4. The van der Waals surface area contributed by atoms with Crippen molar-refractivity contribution >= 4 is 23.2 Å². The van der Waals surface area contributed by atoms with Gasteiger partial charge in [-0.2, -0.15) is 5.26 Å². The van der Waals surface area contributed by atoms with Gasteiger partial charge in [0.05, 0.1) is 46.5 Å². The molecule has 0 radical (unpaired) electrons. The summed E-state index contributed by atoms with van der Waals surface area (Å²) in [5.41, 5.74) is 4.86. The second-order valence-corrected chi connectivity index (χ2v) is 12.3. The van der Waals surface area contributed by atoms with Crippen LogP contribution in [0.25, 0.3) is 21.7 Å². The minimum atomic E-state index is -0.835. The third kappa shape index (κ3) is 4.02. The van der Waals surface area contributed by atoms with Crippen LogP contribution in [0.2, 0.25) is 0 Å². The molecule has 1 aliphatic carbocycles. The highest BCUT2D eigenvalue weighted by molar-refractivity contribution is 7.13. The third-order valence-corrected chi connectivity index (χ3v) is 9.95. The van der Waals surface area contributed by atoms with E-state index in [0.29, 0.717) is 49.4 Å². The molecule has 2 aromatic heterocycles. The Kier molecular flexibility index (Phi) is 6.47. The molecule has 10 heteroatoms. The van der Waals surface area contributed by atoms with Gasteiger partial charge in [0.15, 0.2) is 0 Å². The number of likely N-dealkylation sites (tertiary alicyclic amines) is 1. The number of hydrogen-bond donors (Lipinski definition) is 2. The third-order valence-electron chi connectivity index (χ3n) is 9.14. The van der Waals surface area contributed by atoms with Crippen LogP contribution in [0.1, 0.15) is 72.4 Å². The van der Waals surface area contributed by atoms with Crippen LogP contribution in [0.15, 0.2) is 29.9 Å². The zero-order valence-electron chi connectivity index (χ0n) is 23.0. The normalized spacial score (nSPS) is 21.5. The summed E-state index contributed by atoms with van der Waals surface area (Å²) < 4.78 is 7.69. The number of rotatable bonds is 6. The summed E-state index contributed by atoms with van der Waals surface area (Å²) >= 11 is 1.50. The van der Waals surface area contributed by atoms with Crippen LogP contribution in [0.3, 0.4) is 0 Å². The molecule has 2 fully saturated rings. The molecule has 3 aromatic rings. The standard InChI is InChI=1S/C30H33N5O4S/c1-18(36)29(2)7-5-10-35(29)28(38)23-14-22(25-15-32-17-40-25)26-20-13-21(27(37)33-30(16-31)8-4-9-30)24(39-3)12-19(20)6-11-34(23)26/h12-15,17-18,36H,4-11H2,1-3H3,(H,33,37)/t18-,29-/m1/s1. The summed E-state index contributed by atoms with van der Waals surface area (Å²) in [6.07, 6.45) is 5.56. The van der Waals surface area contributed by atoms with Crippen LogP contribution in [0.4, 0.5) is 0 Å². The van der Waals surface area contributed by atoms with Crippen molar-refractivity contribution in [1.82, 2.24) is 19.8 Å². The molecule has 0 spiro atoms. The van der Waals surface area contributed by atoms with Gasteiger partial charge < -0.3 is 24.6 Å². The number of methoxy groups -OCH3 is 1. The van der Waals surface area contributed by atoms with E-state index in [1.165, 1.54) is 11.3 Å². The van der Waals surface area contributed by atoms with E-state index in [1.54, 1.807) is 25.7 Å². The van der Waals surface area contributed by atoms with E-state index in [9.17, 15) is 20.0 Å². The van der Waals surface area contributed by atoms with Crippen LogP contribution < -0.4 is 10.1 Å². The molecule has 208 valence electrons. The quantitative estimate of drug-likeness (QED) is 0.462. The maximum absolute atomic E-state index is 14.1. The number of carbonyl (C=O) groups is 2. The fourth-order valence-corrected chi connectivity index (χ4v) is 7.02. The lowest BCUT2D eigenvalue weighted by Crippen LogP contribution is -2.52. The number of carbonyl (C=O) groups excluding carboxylic acids is 2. The van der Waals surface area contributed by atoms with Crippen LogP contribution in [0.5, 0.6) is 5.75 Å². The first-order chi connectivity index (χ1) is 19.2. The number of hydrogen-bond acceptors (Lipinski definition) is 7. The molecule has 4 heterocycles. The number of nitriles is 1. The largest absolute Gasteiger partial charge is 0.496 e. The molecule has 0 unspecified atom stereocenters. The molecule has 2 aliphatic heterocycles. The average Bonchev–Trinajstić information content (AvgIpc) is 3.68. The number of benzene rings is 1. The van der Waals surface area contributed by atoms with Crippen molar-refractivity contribution in [2.75, 3.05) is 13.7 Å². The lowest BCUT2D eigenvalue weighted by atomic mass is 9.78. The number of amides is 2. The monoisotopic (exact) mass is 559 g/mol. The van der Waals surface area contributed by atoms with E-state index in [-0.39, 0.29) is 11.8 Å². The van der Waals surface area contributed by atoms with Gasteiger partial charge in [0.25, 0.3) is 11.8 Å². The van der Waals surface area contributed by atoms with Crippen molar-refractivity contribution in [1.29, 1.82) is 5.26 Å². The van der Waals surface area contributed by atoms with E-state index in [4.69, 9.17) is 4.74 Å². The fourth-order valence-electron chi connectivity index (χ4n) is 6.38.